The largest absolute Gasteiger partial charge is 0.355 e. The summed E-state index contributed by atoms with van der Waals surface area (Å²) in [5.41, 5.74) is 1.97. The Labute approximate surface area is 224 Å². The second kappa shape index (κ2) is 12.3. The Kier molecular flexibility index (Phi) is 10.2. The highest BCUT2D eigenvalue weighted by atomic mass is 35.5. The van der Waals surface area contributed by atoms with E-state index in [0.29, 0.717) is 34.3 Å². The number of nitrogens with zero attached hydrogens (tertiary/aromatic N) is 2. The molecule has 2 aromatic rings. The molecule has 36 heavy (non-hydrogen) atoms. The minimum atomic E-state index is -3.80. The lowest BCUT2D eigenvalue weighted by molar-refractivity contribution is -0.140. The maximum Gasteiger partial charge on any atom is 0.244 e. The van der Waals surface area contributed by atoms with E-state index in [1.165, 1.54) is 4.90 Å². The molecule has 0 spiro atoms. The number of carbonyl (C=O) groups excluding carboxylic acids is 2. The average molecular weight is 557 g/mol. The lowest BCUT2D eigenvalue weighted by atomic mass is 9.87. The average Bonchev–Trinajstić information content (AvgIpc) is 2.78. The Hall–Kier alpha value is -2.29. The van der Waals surface area contributed by atoms with Gasteiger partial charge in [-0.25, -0.2) is 8.42 Å². The van der Waals surface area contributed by atoms with Gasteiger partial charge in [0.1, 0.15) is 12.6 Å². The van der Waals surface area contributed by atoms with E-state index in [9.17, 15) is 18.0 Å². The molecule has 10 heteroatoms. The zero-order chi connectivity index (χ0) is 27.3. The van der Waals surface area contributed by atoms with Gasteiger partial charge in [0.2, 0.25) is 21.8 Å². The first-order valence-corrected chi connectivity index (χ1v) is 14.4. The lowest BCUT2D eigenvalue weighted by Gasteiger charge is -2.33. The van der Waals surface area contributed by atoms with Gasteiger partial charge in [0, 0.05) is 13.1 Å². The number of anilines is 1. The van der Waals surface area contributed by atoms with Gasteiger partial charge in [-0.15, -0.1) is 0 Å². The second-order valence-corrected chi connectivity index (χ2v) is 12.4. The fourth-order valence-corrected chi connectivity index (χ4v) is 4.96. The standard InChI is InChI=1S/C26H35Cl2N3O4S/c1-7-23(25(33)29-8-2)30(16-18-9-14-21(27)22(28)15-18)24(32)17-31(36(6,34)35)20-12-10-19(11-13-20)26(3,4)5/h9-15,23H,7-8,16-17H2,1-6H3,(H,29,33). The number of sulfonamides is 1. The molecular formula is C26H35Cl2N3O4S. The number of benzene rings is 2. The van der Waals surface area contributed by atoms with Crippen molar-refractivity contribution in [3.05, 3.63) is 63.6 Å². The Bertz CT molecular complexity index is 1180. The molecule has 0 fully saturated rings. The van der Waals surface area contributed by atoms with Gasteiger partial charge in [-0.1, -0.05) is 69.1 Å². The van der Waals surface area contributed by atoms with Gasteiger partial charge >= 0.3 is 0 Å². The molecular weight excluding hydrogens is 521 g/mol. The predicted octanol–water partition coefficient (Wildman–Crippen LogP) is 5.00. The molecule has 1 N–H and O–H groups in total. The van der Waals surface area contributed by atoms with Crippen molar-refractivity contribution < 1.29 is 18.0 Å². The number of hydrogen-bond donors (Lipinski definition) is 1. The van der Waals surface area contributed by atoms with E-state index in [1.54, 1.807) is 44.2 Å². The van der Waals surface area contributed by atoms with Crippen LogP contribution in [-0.2, 0) is 31.6 Å². The SMILES string of the molecule is CCNC(=O)C(CC)N(Cc1ccc(Cl)c(Cl)c1)C(=O)CN(c1ccc(C(C)(C)C)cc1)S(C)(=O)=O. The summed E-state index contributed by atoms with van der Waals surface area (Å²) in [6.45, 7) is 9.79. The van der Waals surface area contributed by atoms with Gasteiger partial charge in [-0.3, -0.25) is 13.9 Å². The Balaban J connectivity index is 2.46. The van der Waals surface area contributed by atoms with Crippen molar-refractivity contribution in [3.8, 4) is 0 Å². The van der Waals surface area contributed by atoms with Crippen LogP contribution in [0.3, 0.4) is 0 Å². The van der Waals surface area contributed by atoms with Crippen LogP contribution in [0, 0.1) is 0 Å². The molecule has 2 aromatic carbocycles. The molecule has 0 radical (unpaired) electrons. The second-order valence-electron chi connectivity index (χ2n) is 9.66. The molecule has 198 valence electrons. The number of likely N-dealkylation sites (N-methyl/N-ethyl adjacent to an activating group) is 1. The van der Waals surface area contributed by atoms with Gasteiger partial charge in [0.15, 0.2) is 0 Å². The summed E-state index contributed by atoms with van der Waals surface area (Å²) in [4.78, 5) is 27.9. The third-order valence-electron chi connectivity index (χ3n) is 5.77. The zero-order valence-corrected chi connectivity index (χ0v) is 24.0. The van der Waals surface area contributed by atoms with Crippen LogP contribution in [0.15, 0.2) is 42.5 Å². The van der Waals surface area contributed by atoms with Gasteiger partial charge < -0.3 is 10.2 Å². The molecule has 2 rings (SSSR count). The van der Waals surface area contributed by atoms with Crippen molar-refractivity contribution in [2.24, 2.45) is 0 Å². The predicted molar refractivity (Wildman–Crippen MR) is 147 cm³/mol. The van der Waals surface area contributed by atoms with Crippen molar-refractivity contribution in [2.75, 3.05) is 23.7 Å². The van der Waals surface area contributed by atoms with Gasteiger partial charge in [0.05, 0.1) is 22.0 Å². The first-order chi connectivity index (χ1) is 16.7. The first-order valence-electron chi connectivity index (χ1n) is 11.8. The van der Waals surface area contributed by atoms with Crippen molar-refractivity contribution >= 4 is 50.7 Å². The molecule has 2 amide bonds. The Morgan fingerprint density at radius 2 is 1.61 bits per heavy atom. The molecule has 0 aliphatic heterocycles. The van der Waals surface area contributed by atoms with Gasteiger partial charge in [-0.2, -0.15) is 0 Å². The van der Waals surface area contributed by atoms with Crippen LogP contribution in [0.2, 0.25) is 10.0 Å². The van der Waals surface area contributed by atoms with Crippen LogP contribution in [0.25, 0.3) is 0 Å². The molecule has 1 unspecified atom stereocenters. The van der Waals surface area contributed by atoms with Crippen molar-refractivity contribution in [2.45, 2.75) is 59.0 Å². The van der Waals surface area contributed by atoms with E-state index in [-0.39, 0.29) is 17.9 Å². The summed E-state index contributed by atoms with van der Waals surface area (Å²) in [7, 11) is -3.80. The van der Waals surface area contributed by atoms with E-state index in [0.717, 1.165) is 16.1 Å². The quantitative estimate of drug-likeness (QED) is 0.446. The third kappa shape index (κ3) is 7.85. The van der Waals surface area contributed by atoms with Crippen LogP contribution in [0.4, 0.5) is 5.69 Å². The third-order valence-corrected chi connectivity index (χ3v) is 7.65. The zero-order valence-electron chi connectivity index (χ0n) is 21.6. The maximum atomic E-state index is 13.6. The Morgan fingerprint density at radius 3 is 2.08 bits per heavy atom. The summed E-state index contributed by atoms with van der Waals surface area (Å²) in [6.07, 6.45) is 1.40. The number of halogens is 2. The van der Waals surface area contributed by atoms with Crippen LogP contribution < -0.4 is 9.62 Å². The normalized spacial score (nSPS) is 12.7. The number of rotatable bonds is 10. The van der Waals surface area contributed by atoms with E-state index in [2.05, 4.69) is 26.1 Å². The molecule has 1 atom stereocenters. The van der Waals surface area contributed by atoms with E-state index >= 15 is 0 Å². The van der Waals surface area contributed by atoms with Crippen LogP contribution in [-0.4, -0.2) is 50.5 Å². The fourth-order valence-electron chi connectivity index (χ4n) is 3.79. The fraction of sp³-hybridized carbons (Fsp3) is 0.462. The highest BCUT2D eigenvalue weighted by molar-refractivity contribution is 7.92. The van der Waals surface area contributed by atoms with Gasteiger partial charge in [0.25, 0.3) is 0 Å². The first kappa shape index (κ1) is 29.9. The summed E-state index contributed by atoms with van der Waals surface area (Å²) >= 11 is 12.2. The summed E-state index contributed by atoms with van der Waals surface area (Å²) in [6, 6.07) is 11.3. The highest BCUT2D eigenvalue weighted by Gasteiger charge is 2.31. The molecule has 0 aliphatic rings. The monoisotopic (exact) mass is 555 g/mol. The molecule has 0 saturated heterocycles. The van der Waals surface area contributed by atoms with Crippen LogP contribution in [0.5, 0.6) is 0 Å². The summed E-state index contributed by atoms with van der Waals surface area (Å²) in [5, 5.41) is 3.46. The smallest absolute Gasteiger partial charge is 0.244 e. The minimum Gasteiger partial charge on any atom is -0.355 e. The minimum absolute atomic E-state index is 0.0614. The topological polar surface area (TPSA) is 86.8 Å². The maximum absolute atomic E-state index is 13.6. The molecule has 0 saturated carbocycles. The van der Waals surface area contributed by atoms with E-state index < -0.39 is 28.5 Å². The Morgan fingerprint density at radius 1 is 1.00 bits per heavy atom. The van der Waals surface area contributed by atoms with E-state index in [1.807, 2.05) is 12.1 Å². The number of hydrogen-bond acceptors (Lipinski definition) is 4. The van der Waals surface area contributed by atoms with Crippen LogP contribution in [0.1, 0.15) is 52.2 Å². The van der Waals surface area contributed by atoms with E-state index in [4.69, 9.17) is 23.2 Å². The van der Waals surface area contributed by atoms with Crippen LogP contribution >= 0.6 is 23.2 Å². The molecule has 7 nitrogen and oxygen atoms in total. The molecule has 0 bridgehead atoms. The summed E-state index contributed by atoms with van der Waals surface area (Å²) < 4.78 is 26.5. The number of carbonyl (C=O) groups is 2. The summed E-state index contributed by atoms with van der Waals surface area (Å²) in [5.74, 6) is -0.821. The van der Waals surface area contributed by atoms with Gasteiger partial charge in [-0.05, 0) is 54.2 Å². The van der Waals surface area contributed by atoms with Crippen molar-refractivity contribution in [1.29, 1.82) is 0 Å². The lowest BCUT2D eigenvalue weighted by Crippen LogP contribution is -2.52. The number of amides is 2. The molecule has 0 aromatic heterocycles. The van der Waals surface area contributed by atoms with Crippen molar-refractivity contribution in [3.63, 3.8) is 0 Å². The molecule has 0 heterocycles. The highest BCUT2D eigenvalue weighted by Crippen LogP contribution is 2.27. The molecule has 0 aliphatic carbocycles. The van der Waals surface area contributed by atoms with Crippen molar-refractivity contribution in [1.82, 2.24) is 10.2 Å². The number of nitrogens with one attached hydrogen (secondary N) is 1.